The van der Waals surface area contributed by atoms with Crippen LogP contribution in [-0.4, -0.2) is 28.0 Å². The highest BCUT2D eigenvalue weighted by molar-refractivity contribution is 6.34. The van der Waals surface area contributed by atoms with Crippen molar-refractivity contribution in [2.75, 3.05) is 13.1 Å². The van der Waals surface area contributed by atoms with Crippen LogP contribution >= 0.6 is 34.8 Å². The fraction of sp³-hybridized carbons (Fsp3) is 0.211. The Morgan fingerprint density at radius 3 is 2.64 bits per heavy atom. The standard InChI is InChI=1S/C19H16Cl3N3/c20-14-3-4-17-18(9-14)24-19(23-17)13-2-1-5-25(11-13)10-12-6-15(21)8-16(22)7-12/h1-4,6-9,13H,5,10-11H2,(H,23,24)/t13-/m1/s1. The van der Waals surface area contributed by atoms with Crippen molar-refractivity contribution in [1.82, 2.24) is 14.9 Å². The summed E-state index contributed by atoms with van der Waals surface area (Å²) in [6, 6.07) is 11.4. The average Bonchev–Trinajstić information content (AvgIpc) is 2.97. The Bertz CT molecular complexity index is 928. The van der Waals surface area contributed by atoms with Crippen LogP contribution in [0.3, 0.4) is 0 Å². The summed E-state index contributed by atoms with van der Waals surface area (Å²) in [5.74, 6) is 1.18. The number of hydrogen-bond acceptors (Lipinski definition) is 2. The zero-order valence-corrected chi connectivity index (χ0v) is 15.6. The van der Waals surface area contributed by atoms with Gasteiger partial charge >= 0.3 is 0 Å². The molecule has 0 radical (unpaired) electrons. The maximum absolute atomic E-state index is 6.11. The number of rotatable bonds is 3. The van der Waals surface area contributed by atoms with E-state index in [4.69, 9.17) is 39.8 Å². The number of halogens is 3. The molecule has 3 aromatic rings. The van der Waals surface area contributed by atoms with Crippen LogP contribution in [0.2, 0.25) is 15.1 Å². The molecular formula is C19H16Cl3N3. The lowest BCUT2D eigenvalue weighted by atomic mass is 10.0. The van der Waals surface area contributed by atoms with Gasteiger partial charge in [0, 0.05) is 40.6 Å². The van der Waals surface area contributed by atoms with Crippen molar-refractivity contribution in [3.63, 3.8) is 0 Å². The molecule has 1 N–H and O–H groups in total. The first kappa shape index (κ1) is 16.9. The maximum atomic E-state index is 6.11. The van der Waals surface area contributed by atoms with Crippen LogP contribution in [0.25, 0.3) is 11.0 Å². The molecule has 4 rings (SSSR count). The van der Waals surface area contributed by atoms with E-state index < -0.39 is 0 Å². The highest BCUT2D eigenvalue weighted by Crippen LogP contribution is 2.26. The number of imidazole rings is 1. The van der Waals surface area contributed by atoms with Crippen molar-refractivity contribution in [3.05, 3.63) is 75.0 Å². The van der Waals surface area contributed by atoms with Crippen LogP contribution in [-0.2, 0) is 6.54 Å². The normalized spacial score (nSPS) is 18.1. The summed E-state index contributed by atoms with van der Waals surface area (Å²) < 4.78 is 0. The molecular weight excluding hydrogens is 377 g/mol. The van der Waals surface area contributed by atoms with Gasteiger partial charge in [0.05, 0.1) is 11.0 Å². The predicted molar refractivity (Wildman–Crippen MR) is 105 cm³/mol. The van der Waals surface area contributed by atoms with Gasteiger partial charge in [0.2, 0.25) is 0 Å². The second kappa shape index (κ2) is 7.00. The first-order chi connectivity index (χ1) is 12.1. The highest BCUT2D eigenvalue weighted by atomic mass is 35.5. The molecule has 3 nitrogen and oxygen atoms in total. The van der Waals surface area contributed by atoms with E-state index >= 15 is 0 Å². The topological polar surface area (TPSA) is 31.9 Å². The van der Waals surface area contributed by atoms with Gasteiger partial charge in [-0.25, -0.2) is 4.98 Å². The summed E-state index contributed by atoms with van der Waals surface area (Å²) >= 11 is 18.3. The van der Waals surface area contributed by atoms with Crippen LogP contribution in [0, 0.1) is 0 Å². The number of hydrogen-bond donors (Lipinski definition) is 1. The van der Waals surface area contributed by atoms with Crippen molar-refractivity contribution in [3.8, 4) is 0 Å². The van der Waals surface area contributed by atoms with Crippen molar-refractivity contribution >= 4 is 45.8 Å². The fourth-order valence-corrected chi connectivity index (χ4v) is 3.97. The first-order valence-corrected chi connectivity index (χ1v) is 9.19. The van der Waals surface area contributed by atoms with Gasteiger partial charge < -0.3 is 4.98 Å². The number of aromatic amines is 1. The summed E-state index contributed by atoms with van der Waals surface area (Å²) in [4.78, 5) is 10.5. The molecule has 0 aliphatic carbocycles. The molecule has 25 heavy (non-hydrogen) atoms. The van der Waals surface area contributed by atoms with E-state index in [2.05, 4.69) is 22.0 Å². The van der Waals surface area contributed by atoms with Gasteiger partial charge in [-0.2, -0.15) is 0 Å². The lowest BCUT2D eigenvalue weighted by Crippen LogP contribution is -2.31. The Balaban J connectivity index is 1.53. The van der Waals surface area contributed by atoms with E-state index in [9.17, 15) is 0 Å². The Morgan fingerprint density at radius 1 is 1.04 bits per heavy atom. The number of nitrogens with one attached hydrogen (secondary N) is 1. The van der Waals surface area contributed by atoms with Crippen molar-refractivity contribution in [2.24, 2.45) is 0 Å². The highest BCUT2D eigenvalue weighted by Gasteiger charge is 2.20. The molecule has 0 saturated carbocycles. The molecule has 1 aliphatic rings. The SMILES string of the molecule is Clc1cc(Cl)cc(CN2CC=C[C@@H](c3nc4cc(Cl)ccc4[nH]3)C2)c1. The van der Waals surface area contributed by atoms with E-state index in [-0.39, 0.29) is 5.92 Å². The minimum absolute atomic E-state index is 0.217. The lowest BCUT2D eigenvalue weighted by Gasteiger charge is -2.28. The van der Waals surface area contributed by atoms with Crippen molar-refractivity contribution in [2.45, 2.75) is 12.5 Å². The van der Waals surface area contributed by atoms with Gasteiger partial charge in [0.25, 0.3) is 0 Å². The number of fused-ring (bicyclic) bond motifs is 1. The van der Waals surface area contributed by atoms with Gasteiger partial charge in [-0.15, -0.1) is 0 Å². The largest absolute Gasteiger partial charge is 0.341 e. The monoisotopic (exact) mass is 391 g/mol. The summed E-state index contributed by atoms with van der Waals surface area (Å²) in [5.41, 5.74) is 3.02. The zero-order valence-electron chi connectivity index (χ0n) is 13.3. The molecule has 0 bridgehead atoms. The molecule has 0 fully saturated rings. The van der Waals surface area contributed by atoms with Crippen molar-refractivity contribution in [1.29, 1.82) is 0 Å². The molecule has 6 heteroatoms. The Hall–Kier alpha value is -1.52. The van der Waals surface area contributed by atoms with Crippen LogP contribution in [0.5, 0.6) is 0 Å². The molecule has 1 aliphatic heterocycles. The second-order valence-electron chi connectivity index (χ2n) is 6.29. The van der Waals surface area contributed by atoms with E-state index in [1.807, 2.05) is 30.3 Å². The molecule has 1 aromatic heterocycles. The van der Waals surface area contributed by atoms with Crippen LogP contribution < -0.4 is 0 Å². The molecule has 0 amide bonds. The number of aromatic nitrogens is 2. The molecule has 0 unspecified atom stereocenters. The lowest BCUT2D eigenvalue weighted by molar-refractivity contribution is 0.273. The Kier molecular flexibility index (Phi) is 4.74. The predicted octanol–water partition coefficient (Wildman–Crippen LogP) is 5.68. The minimum atomic E-state index is 0.217. The number of benzene rings is 2. The summed E-state index contributed by atoms with van der Waals surface area (Å²) in [5, 5.41) is 2.03. The fourth-order valence-electron chi connectivity index (χ4n) is 3.23. The summed E-state index contributed by atoms with van der Waals surface area (Å²) in [6.07, 6.45) is 4.39. The van der Waals surface area contributed by atoms with Crippen LogP contribution in [0.1, 0.15) is 17.3 Å². The van der Waals surface area contributed by atoms with E-state index in [0.29, 0.717) is 15.1 Å². The van der Waals surface area contributed by atoms with Gasteiger partial charge in [-0.05, 0) is 42.0 Å². The van der Waals surface area contributed by atoms with Gasteiger partial charge in [0.15, 0.2) is 0 Å². The van der Waals surface area contributed by atoms with Gasteiger partial charge in [0.1, 0.15) is 5.82 Å². The molecule has 0 saturated heterocycles. The molecule has 0 spiro atoms. The van der Waals surface area contributed by atoms with Gasteiger partial charge in [-0.1, -0.05) is 47.0 Å². The van der Waals surface area contributed by atoms with Gasteiger partial charge in [-0.3, -0.25) is 4.90 Å². The third-order valence-corrected chi connectivity index (χ3v) is 5.00. The average molecular weight is 393 g/mol. The number of H-pyrrole nitrogens is 1. The third-order valence-electron chi connectivity index (χ3n) is 4.33. The van der Waals surface area contributed by atoms with E-state index in [1.54, 1.807) is 6.07 Å². The minimum Gasteiger partial charge on any atom is -0.341 e. The molecule has 1 atom stereocenters. The number of nitrogens with zero attached hydrogens (tertiary/aromatic N) is 2. The van der Waals surface area contributed by atoms with E-state index in [0.717, 1.165) is 42.1 Å². The zero-order chi connectivity index (χ0) is 17.4. The van der Waals surface area contributed by atoms with Crippen LogP contribution in [0.4, 0.5) is 0 Å². The first-order valence-electron chi connectivity index (χ1n) is 8.06. The second-order valence-corrected chi connectivity index (χ2v) is 7.60. The summed E-state index contributed by atoms with van der Waals surface area (Å²) in [7, 11) is 0. The Labute approximate surface area is 161 Å². The molecule has 2 heterocycles. The van der Waals surface area contributed by atoms with Crippen molar-refractivity contribution < 1.29 is 0 Å². The Morgan fingerprint density at radius 2 is 1.84 bits per heavy atom. The maximum Gasteiger partial charge on any atom is 0.115 e. The third kappa shape index (κ3) is 3.85. The van der Waals surface area contributed by atoms with Crippen LogP contribution in [0.15, 0.2) is 48.6 Å². The quantitative estimate of drug-likeness (QED) is 0.582. The molecule has 2 aromatic carbocycles. The van der Waals surface area contributed by atoms with E-state index in [1.165, 1.54) is 0 Å². The smallest absolute Gasteiger partial charge is 0.115 e. The summed E-state index contributed by atoms with van der Waals surface area (Å²) in [6.45, 7) is 2.58. The molecule has 128 valence electrons.